The number of alkyl halides is 3. The Morgan fingerprint density at radius 3 is 2.47 bits per heavy atom. The molecule has 5 heteroatoms. The summed E-state index contributed by atoms with van der Waals surface area (Å²) >= 11 is 0. The fourth-order valence-electron chi connectivity index (χ4n) is 1.38. The summed E-state index contributed by atoms with van der Waals surface area (Å²) < 4.78 is 54.7. The quantitative estimate of drug-likeness (QED) is 0.551. The van der Waals surface area contributed by atoms with E-state index in [4.69, 9.17) is 4.74 Å². The van der Waals surface area contributed by atoms with E-state index in [0.717, 1.165) is 12.1 Å². The van der Waals surface area contributed by atoms with Gasteiger partial charge in [0.15, 0.2) is 0 Å². The molecule has 2 rings (SSSR count). The van der Waals surface area contributed by atoms with Crippen molar-refractivity contribution in [1.29, 1.82) is 0 Å². The Kier molecular flexibility index (Phi) is 2.42. The number of benzene rings is 1. The third-order valence-electron chi connectivity index (χ3n) is 2.15. The van der Waals surface area contributed by atoms with Crippen LogP contribution in [0.5, 0.6) is 0 Å². The maximum atomic E-state index is 12.9. The minimum absolute atomic E-state index is 0.0483. The molecule has 0 bridgehead atoms. The summed E-state index contributed by atoms with van der Waals surface area (Å²) in [5.74, 6) is -0.861. The van der Waals surface area contributed by atoms with Gasteiger partial charge < -0.3 is 4.74 Å². The normalized spacial score (nSPS) is 20.4. The van der Waals surface area contributed by atoms with Crippen LogP contribution in [0.3, 0.4) is 0 Å². The van der Waals surface area contributed by atoms with Crippen molar-refractivity contribution in [3.63, 3.8) is 0 Å². The van der Waals surface area contributed by atoms with Crippen molar-refractivity contribution in [1.82, 2.24) is 0 Å². The van der Waals surface area contributed by atoms with E-state index in [2.05, 4.69) is 0 Å². The molecule has 82 valence electrons. The lowest BCUT2D eigenvalue weighted by molar-refractivity contribution is -0.137. The predicted octanol–water partition coefficient (Wildman–Crippen LogP) is 2.79. The van der Waals surface area contributed by atoms with E-state index in [0.29, 0.717) is 24.7 Å². The zero-order chi connectivity index (χ0) is 11.1. The average molecular weight is 220 g/mol. The minimum Gasteiger partial charge on any atom is -0.373 e. The largest absolute Gasteiger partial charge is 0.416 e. The second kappa shape index (κ2) is 3.48. The van der Waals surface area contributed by atoms with Crippen molar-refractivity contribution in [2.45, 2.75) is 18.7 Å². The summed E-state index contributed by atoms with van der Waals surface area (Å²) in [6.45, 7) is 0.540. The summed E-state index contributed by atoms with van der Waals surface area (Å²) in [5, 5.41) is 0. The van der Waals surface area contributed by atoms with Crippen molar-refractivity contribution in [2.24, 2.45) is 0 Å². The first-order chi connectivity index (χ1) is 6.95. The highest BCUT2D eigenvalue weighted by Crippen LogP contribution is 2.31. The van der Waals surface area contributed by atoms with Gasteiger partial charge in [-0.1, -0.05) is 0 Å². The van der Waals surface area contributed by atoms with Crippen LogP contribution in [0.1, 0.15) is 11.1 Å². The van der Waals surface area contributed by atoms with Gasteiger partial charge >= 0.3 is 6.18 Å². The van der Waals surface area contributed by atoms with Gasteiger partial charge in [0, 0.05) is 6.42 Å². The molecule has 1 unspecified atom stereocenters. The van der Waals surface area contributed by atoms with E-state index < -0.39 is 17.6 Å². The highest BCUT2D eigenvalue weighted by Gasteiger charge is 2.32. The van der Waals surface area contributed by atoms with Crippen LogP contribution >= 0.6 is 0 Å². The van der Waals surface area contributed by atoms with Crippen LogP contribution in [-0.2, 0) is 17.3 Å². The van der Waals surface area contributed by atoms with Gasteiger partial charge in [-0.25, -0.2) is 4.39 Å². The number of hydrogen-bond acceptors (Lipinski definition) is 1. The molecule has 15 heavy (non-hydrogen) atoms. The molecule has 1 nitrogen and oxygen atoms in total. The molecule has 0 aromatic heterocycles. The molecular formula is C10H8F4O. The second-order valence-electron chi connectivity index (χ2n) is 3.51. The maximum absolute atomic E-state index is 12.9. The number of rotatable bonds is 2. The van der Waals surface area contributed by atoms with Crippen LogP contribution in [-0.4, -0.2) is 12.7 Å². The smallest absolute Gasteiger partial charge is 0.373 e. The van der Waals surface area contributed by atoms with Gasteiger partial charge in [0.1, 0.15) is 5.82 Å². The molecular weight excluding hydrogens is 212 g/mol. The van der Waals surface area contributed by atoms with Gasteiger partial charge in [-0.3, -0.25) is 0 Å². The lowest BCUT2D eigenvalue weighted by atomic mass is 10.1. The molecule has 1 aliphatic heterocycles. The molecule has 0 aliphatic carbocycles. The van der Waals surface area contributed by atoms with Crippen molar-refractivity contribution in [3.05, 3.63) is 35.1 Å². The molecule has 0 amide bonds. The van der Waals surface area contributed by atoms with Gasteiger partial charge in [-0.05, 0) is 23.8 Å². The molecule has 1 aliphatic rings. The van der Waals surface area contributed by atoms with E-state index in [1.807, 2.05) is 0 Å². The third-order valence-corrected chi connectivity index (χ3v) is 2.15. The zero-order valence-electron chi connectivity index (χ0n) is 7.64. The summed E-state index contributed by atoms with van der Waals surface area (Å²) in [4.78, 5) is 0. The number of halogens is 4. The summed E-state index contributed by atoms with van der Waals surface area (Å²) in [6, 6.07) is 2.57. The van der Waals surface area contributed by atoms with Crippen LogP contribution in [0.2, 0.25) is 0 Å². The van der Waals surface area contributed by atoms with Crippen LogP contribution in [0.15, 0.2) is 18.2 Å². The molecule has 1 aromatic rings. The van der Waals surface area contributed by atoms with Crippen molar-refractivity contribution in [2.75, 3.05) is 6.61 Å². The first-order valence-electron chi connectivity index (χ1n) is 4.43. The first-order valence-corrected chi connectivity index (χ1v) is 4.43. The molecule has 1 fully saturated rings. The third kappa shape index (κ3) is 2.68. The van der Waals surface area contributed by atoms with Crippen LogP contribution < -0.4 is 0 Å². The van der Waals surface area contributed by atoms with E-state index in [-0.39, 0.29) is 6.10 Å². The lowest BCUT2D eigenvalue weighted by Gasteiger charge is -2.08. The standard InChI is InChI=1S/C10H8F4O/c11-8-2-6(3-9-5-15-9)1-7(4-8)10(12,13)14/h1-2,4,9H,3,5H2. The fourth-order valence-corrected chi connectivity index (χ4v) is 1.38. The van der Waals surface area contributed by atoms with Crippen molar-refractivity contribution >= 4 is 0 Å². The summed E-state index contributed by atoms with van der Waals surface area (Å²) in [5.41, 5.74) is -0.622. The Morgan fingerprint density at radius 2 is 1.93 bits per heavy atom. The highest BCUT2D eigenvalue weighted by molar-refractivity contribution is 5.27. The van der Waals surface area contributed by atoms with E-state index in [9.17, 15) is 17.6 Å². The Balaban J connectivity index is 2.27. The van der Waals surface area contributed by atoms with Gasteiger partial charge in [-0.15, -0.1) is 0 Å². The predicted molar refractivity (Wildman–Crippen MR) is 44.8 cm³/mol. The van der Waals surface area contributed by atoms with Crippen molar-refractivity contribution < 1.29 is 22.3 Å². The number of epoxide rings is 1. The minimum atomic E-state index is -4.50. The zero-order valence-corrected chi connectivity index (χ0v) is 7.64. The SMILES string of the molecule is Fc1cc(CC2CO2)cc(C(F)(F)F)c1. The van der Waals surface area contributed by atoms with Crippen molar-refractivity contribution in [3.8, 4) is 0 Å². The van der Waals surface area contributed by atoms with Gasteiger partial charge in [0.2, 0.25) is 0 Å². The Labute approximate surface area is 83.7 Å². The van der Waals surface area contributed by atoms with Gasteiger partial charge in [0.05, 0.1) is 18.3 Å². The van der Waals surface area contributed by atoms with Crippen LogP contribution in [0.4, 0.5) is 17.6 Å². The van der Waals surface area contributed by atoms with E-state index in [1.165, 1.54) is 0 Å². The highest BCUT2D eigenvalue weighted by atomic mass is 19.4. The molecule has 0 N–H and O–H groups in total. The molecule has 0 spiro atoms. The second-order valence-corrected chi connectivity index (χ2v) is 3.51. The molecule has 1 atom stereocenters. The maximum Gasteiger partial charge on any atom is 0.416 e. The van der Waals surface area contributed by atoms with E-state index in [1.54, 1.807) is 0 Å². The first kappa shape index (κ1) is 10.4. The van der Waals surface area contributed by atoms with Crippen LogP contribution in [0, 0.1) is 5.82 Å². The fraction of sp³-hybridized carbons (Fsp3) is 0.400. The molecule has 0 radical (unpaired) electrons. The molecule has 0 saturated carbocycles. The van der Waals surface area contributed by atoms with Gasteiger partial charge in [-0.2, -0.15) is 13.2 Å². The average Bonchev–Trinajstić information content (AvgIpc) is 2.85. The van der Waals surface area contributed by atoms with E-state index >= 15 is 0 Å². The molecule has 1 heterocycles. The number of hydrogen-bond donors (Lipinski definition) is 0. The summed E-state index contributed by atoms with van der Waals surface area (Å²) in [6.07, 6.45) is -4.21. The molecule has 1 aromatic carbocycles. The molecule has 1 saturated heterocycles. The topological polar surface area (TPSA) is 12.5 Å². The summed E-state index contributed by atoms with van der Waals surface area (Å²) in [7, 11) is 0. The Hall–Kier alpha value is -1.10. The Bertz CT molecular complexity index is 368. The van der Waals surface area contributed by atoms with Gasteiger partial charge in [0.25, 0.3) is 0 Å². The van der Waals surface area contributed by atoms with Crippen LogP contribution in [0.25, 0.3) is 0 Å². The monoisotopic (exact) mass is 220 g/mol. The number of ether oxygens (including phenoxy) is 1. The Morgan fingerprint density at radius 1 is 1.27 bits per heavy atom. The lowest BCUT2D eigenvalue weighted by Crippen LogP contribution is -2.07.